The van der Waals surface area contributed by atoms with Crippen molar-refractivity contribution in [3.63, 3.8) is 0 Å². The number of benzene rings is 1. The van der Waals surface area contributed by atoms with Crippen molar-refractivity contribution in [1.29, 1.82) is 0 Å². The Labute approximate surface area is 119 Å². The molecule has 0 spiro atoms. The highest BCUT2D eigenvalue weighted by molar-refractivity contribution is 8.00. The highest BCUT2D eigenvalue weighted by atomic mass is 32.2. The fourth-order valence-corrected chi connectivity index (χ4v) is 3.56. The second-order valence-corrected chi connectivity index (χ2v) is 6.27. The Morgan fingerprint density at radius 3 is 2.45 bits per heavy atom. The molecule has 1 aliphatic rings. The number of sulfonamides is 1. The fourth-order valence-electron chi connectivity index (χ4n) is 2.04. The summed E-state index contributed by atoms with van der Waals surface area (Å²) in [7, 11) is -1.95. The summed E-state index contributed by atoms with van der Waals surface area (Å²) in [5.74, 6) is 0.401. The molecule has 0 saturated carbocycles. The predicted molar refractivity (Wildman–Crippen MR) is 80.0 cm³/mol. The molecule has 0 unspecified atom stereocenters. The number of hydrogen-bond donors (Lipinski definition) is 1. The smallest absolute Gasteiger partial charge is 0.264 e. The number of amidine groups is 1. The van der Waals surface area contributed by atoms with Gasteiger partial charge in [-0.1, -0.05) is 29.8 Å². The lowest BCUT2D eigenvalue weighted by Gasteiger charge is -2.03. The molecular weight excluding hydrogens is 276 g/mol. The van der Waals surface area contributed by atoms with Gasteiger partial charge in [0.1, 0.15) is 10.7 Å². The third-order valence-electron chi connectivity index (χ3n) is 3.07. The Hall–Kier alpha value is -1.66. The minimum absolute atomic E-state index is 0.300. The lowest BCUT2D eigenvalue weighted by atomic mass is 10.1. The van der Waals surface area contributed by atoms with E-state index in [1.54, 1.807) is 14.0 Å². The number of aliphatic imine (C=N–C) groups is 1. The first-order chi connectivity index (χ1) is 9.45. The Morgan fingerprint density at radius 1 is 1.20 bits per heavy atom. The van der Waals surface area contributed by atoms with Crippen LogP contribution in [0.25, 0.3) is 4.91 Å². The van der Waals surface area contributed by atoms with Crippen molar-refractivity contribution in [3.05, 3.63) is 41.0 Å². The summed E-state index contributed by atoms with van der Waals surface area (Å²) in [6, 6.07) is 7.41. The Kier molecular flexibility index (Phi) is 4.25. The lowest BCUT2D eigenvalue weighted by molar-refractivity contribution is 0.208. The third-order valence-corrected chi connectivity index (χ3v) is 4.62. The molecule has 0 aliphatic carbocycles. The molecule has 20 heavy (non-hydrogen) atoms. The summed E-state index contributed by atoms with van der Waals surface area (Å²) in [6.07, 6.45) is 0. The van der Waals surface area contributed by atoms with E-state index >= 15 is 0 Å². The molecule has 1 N–H and O–H groups in total. The summed E-state index contributed by atoms with van der Waals surface area (Å²) >= 11 is 0. The standard InChI is InChI=1S/C14H18N2O3S/c1-10-4-6-12(7-5-10)13-11(2)14(15-8-9-19-3)16-20(13,17)18/h4-7H,8-9H2,1-3H3,(H,15,16). The van der Waals surface area contributed by atoms with E-state index in [1.807, 2.05) is 31.2 Å². The van der Waals surface area contributed by atoms with E-state index in [2.05, 4.69) is 9.71 Å². The maximum atomic E-state index is 12.2. The van der Waals surface area contributed by atoms with E-state index in [1.165, 1.54) is 0 Å². The van der Waals surface area contributed by atoms with E-state index in [-0.39, 0.29) is 0 Å². The van der Waals surface area contributed by atoms with E-state index in [0.717, 1.165) is 5.56 Å². The first-order valence-electron chi connectivity index (χ1n) is 6.30. The molecule has 0 radical (unpaired) electrons. The van der Waals surface area contributed by atoms with Gasteiger partial charge in [0.25, 0.3) is 10.0 Å². The molecule has 2 rings (SSSR count). The molecule has 1 aliphatic heterocycles. The summed E-state index contributed by atoms with van der Waals surface area (Å²) < 4.78 is 31.8. The topological polar surface area (TPSA) is 67.8 Å². The zero-order valence-electron chi connectivity index (χ0n) is 11.8. The van der Waals surface area contributed by atoms with Crippen LogP contribution < -0.4 is 4.72 Å². The van der Waals surface area contributed by atoms with Gasteiger partial charge in [-0.25, -0.2) is 8.42 Å². The number of nitrogens with zero attached hydrogens (tertiary/aromatic N) is 1. The third kappa shape index (κ3) is 2.91. The van der Waals surface area contributed by atoms with Gasteiger partial charge in [-0.2, -0.15) is 0 Å². The first kappa shape index (κ1) is 14.7. The van der Waals surface area contributed by atoms with Gasteiger partial charge in [-0.05, 0) is 19.4 Å². The van der Waals surface area contributed by atoms with Crippen molar-refractivity contribution < 1.29 is 13.2 Å². The minimum atomic E-state index is -3.53. The first-order valence-corrected chi connectivity index (χ1v) is 7.78. The van der Waals surface area contributed by atoms with Gasteiger partial charge in [0, 0.05) is 12.7 Å². The van der Waals surface area contributed by atoms with E-state index in [4.69, 9.17) is 4.74 Å². The molecule has 0 atom stereocenters. The van der Waals surface area contributed by atoms with Crippen molar-refractivity contribution in [3.8, 4) is 0 Å². The van der Waals surface area contributed by atoms with Crippen molar-refractivity contribution in [2.24, 2.45) is 4.99 Å². The van der Waals surface area contributed by atoms with Crippen LogP contribution in [0.3, 0.4) is 0 Å². The van der Waals surface area contributed by atoms with Crippen molar-refractivity contribution in [2.45, 2.75) is 13.8 Å². The van der Waals surface area contributed by atoms with Gasteiger partial charge in [0.2, 0.25) is 0 Å². The highest BCUT2D eigenvalue weighted by Gasteiger charge is 2.32. The second kappa shape index (κ2) is 5.76. The molecule has 1 aromatic rings. The van der Waals surface area contributed by atoms with E-state index in [9.17, 15) is 8.42 Å². The van der Waals surface area contributed by atoms with E-state index in [0.29, 0.717) is 35.0 Å². The number of nitrogens with one attached hydrogen (secondary N) is 1. The molecule has 0 fully saturated rings. The molecule has 5 nitrogen and oxygen atoms in total. The Morgan fingerprint density at radius 2 is 1.85 bits per heavy atom. The summed E-state index contributed by atoms with van der Waals surface area (Å²) in [4.78, 5) is 4.53. The monoisotopic (exact) mass is 294 g/mol. The van der Waals surface area contributed by atoms with Gasteiger partial charge < -0.3 is 4.74 Å². The van der Waals surface area contributed by atoms with Gasteiger partial charge in [-0.15, -0.1) is 0 Å². The van der Waals surface area contributed by atoms with Crippen LogP contribution in [0.15, 0.2) is 34.8 Å². The fraction of sp³-hybridized carbons (Fsp3) is 0.357. The quantitative estimate of drug-likeness (QED) is 0.860. The zero-order valence-corrected chi connectivity index (χ0v) is 12.6. The molecule has 0 amide bonds. The van der Waals surface area contributed by atoms with Crippen molar-refractivity contribution in [1.82, 2.24) is 4.72 Å². The maximum Gasteiger partial charge on any atom is 0.264 e. The Bertz CT molecular complexity index is 658. The average Bonchev–Trinajstić information content (AvgIpc) is 2.62. The Balaban J connectivity index is 2.42. The lowest BCUT2D eigenvalue weighted by Crippen LogP contribution is -2.24. The van der Waals surface area contributed by atoms with Crippen LogP contribution in [0.1, 0.15) is 18.1 Å². The van der Waals surface area contributed by atoms with Crippen LogP contribution in [0, 0.1) is 6.92 Å². The molecule has 6 heteroatoms. The number of rotatable bonds is 4. The van der Waals surface area contributed by atoms with Crippen LogP contribution in [0.4, 0.5) is 0 Å². The normalized spacial score (nSPS) is 19.4. The van der Waals surface area contributed by atoms with Gasteiger partial charge >= 0.3 is 0 Å². The zero-order chi connectivity index (χ0) is 14.8. The van der Waals surface area contributed by atoms with Crippen LogP contribution in [0.5, 0.6) is 0 Å². The van der Waals surface area contributed by atoms with Crippen molar-refractivity contribution >= 4 is 20.8 Å². The number of methoxy groups -OCH3 is 1. The van der Waals surface area contributed by atoms with E-state index < -0.39 is 10.0 Å². The molecule has 108 valence electrons. The summed E-state index contributed by atoms with van der Waals surface area (Å²) in [5, 5.41) is 0. The maximum absolute atomic E-state index is 12.2. The van der Waals surface area contributed by atoms with Crippen LogP contribution in [-0.2, 0) is 14.8 Å². The number of ether oxygens (including phenoxy) is 1. The molecule has 1 aromatic carbocycles. The van der Waals surface area contributed by atoms with Crippen LogP contribution >= 0.6 is 0 Å². The van der Waals surface area contributed by atoms with Crippen molar-refractivity contribution in [2.75, 3.05) is 20.3 Å². The number of aryl methyl sites for hydroxylation is 1. The largest absolute Gasteiger partial charge is 0.383 e. The van der Waals surface area contributed by atoms with Crippen LogP contribution in [0.2, 0.25) is 0 Å². The van der Waals surface area contributed by atoms with Gasteiger partial charge in [0.05, 0.1) is 13.2 Å². The second-order valence-electron chi connectivity index (χ2n) is 4.65. The summed E-state index contributed by atoms with van der Waals surface area (Å²) in [5.41, 5.74) is 2.41. The average molecular weight is 294 g/mol. The molecular formula is C14H18N2O3S. The predicted octanol–water partition coefficient (Wildman–Crippen LogP) is 1.70. The molecule has 0 saturated heterocycles. The molecule has 0 bridgehead atoms. The summed E-state index contributed by atoms with van der Waals surface area (Å²) in [6.45, 7) is 4.60. The molecule has 0 aromatic heterocycles. The number of hydrogen-bond acceptors (Lipinski definition) is 4. The van der Waals surface area contributed by atoms with Gasteiger partial charge in [-0.3, -0.25) is 9.71 Å². The minimum Gasteiger partial charge on any atom is -0.383 e. The molecule has 1 heterocycles. The highest BCUT2D eigenvalue weighted by Crippen LogP contribution is 2.29. The SMILES string of the molecule is COCCN=C1NS(=O)(=O)C(c2ccc(C)cc2)=C1C. The van der Waals surface area contributed by atoms with Gasteiger partial charge in [0.15, 0.2) is 0 Å². The van der Waals surface area contributed by atoms with Crippen LogP contribution in [-0.4, -0.2) is 34.5 Å².